The predicted octanol–water partition coefficient (Wildman–Crippen LogP) is 2.37. The van der Waals surface area contributed by atoms with Crippen LogP contribution in [0.25, 0.3) is 0 Å². The molecule has 0 bridgehead atoms. The van der Waals surface area contributed by atoms with Gasteiger partial charge in [0.15, 0.2) is 0 Å². The van der Waals surface area contributed by atoms with Crippen molar-refractivity contribution in [2.75, 3.05) is 32.7 Å². The van der Waals surface area contributed by atoms with Crippen molar-refractivity contribution < 1.29 is 4.39 Å². The van der Waals surface area contributed by atoms with Crippen molar-refractivity contribution in [3.63, 3.8) is 0 Å². The normalized spacial score (nSPS) is 25.6. The number of rotatable bonds is 3. The molecule has 3 rings (SSSR count). The largest absolute Gasteiger partial charge is 0.329 e. The van der Waals surface area contributed by atoms with Gasteiger partial charge in [-0.25, -0.2) is 4.39 Å². The monoisotopic (exact) mass is 341 g/mol. The van der Waals surface area contributed by atoms with E-state index in [1.807, 2.05) is 0 Å². The smallest absolute Gasteiger partial charge is 0.123 e. The minimum atomic E-state index is -0.193. The second-order valence-electron chi connectivity index (χ2n) is 5.74. The van der Waals surface area contributed by atoms with Gasteiger partial charge in [0.25, 0.3) is 0 Å². The van der Waals surface area contributed by atoms with Gasteiger partial charge in [0.05, 0.1) is 0 Å². The summed E-state index contributed by atoms with van der Waals surface area (Å²) in [5.41, 5.74) is 6.96. The van der Waals surface area contributed by atoms with E-state index in [1.54, 1.807) is 12.1 Å². The van der Waals surface area contributed by atoms with Crippen LogP contribution >= 0.6 is 15.9 Å². The quantitative estimate of drug-likeness (QED) is 0.915. The van der Waals surface area contributed by atoms with Crippen molar-refractivity contribution in [1.29, 1.82) is 0 Å². The first-order valence-electron chi connectivity index (χ1n) is 7.32. The molecule has 2 unspecified atom stereocenters. The maximum Gasteiger partial charge on any atom is 0.123 e. The Morgan fingerprint density at radius 1 is 1.35 bits per heavy atom. The summed E-state index contributed by atoms with van der Waals surface area (Å²) in [6, 6.07) is 5.63. The van der Waals surface area contributed by atoms with Gasteiger partial charge in [-0.05, 0) is 43.1 Å². The molecule has 0 aliphatic carbocycles. The summed E-state index contributed by atoms with van der Waals surface area (Å²) in [5, 5.41) is 0. The van der Waals surface area contributed by atoms with E-state index in [0.29, 0.717) is 12.6 Å². The first kappa shape index (κ1) is 14.4. The number of benzene rings is 1. The lowest BCUT2D eigenvalue weighted by Crippen LogP contribution is -2.52. The molecule has 5 heteroatoms. The maximum absolute atomic E-state index is 13.5. The van der Waals surface area contributed by atoms with Crippen LogP contribution in [-0.4, -0.2) is 48.6 Å². The van der Waals surface area contributed by atoms with E-state index in [2.05, 4.69) is 25.7 Å². The third-order valence-corrected chi connectivity index (χ3v) is 5.32. The number of nitrogens with two attached hydrogens (primary N) is 1. The van der Waals surface area contributed by atoms with Crippen molar-refractivity contribution in [2.45, 2.75) is 24.9 Å². The second-order valence-corrected chi connectivity index (χ2v) is 6.60. The van der Waals surface area contributed by atoms with Crippen LogP contribution in [0.4, 0.5) is 4.39 Å². The van der Waals surface area contributed by atoms with E-state index in [4.69, 9.17) is 5.73 Å². The van der Waals surface area contributed by atoms with Gasteiger partial charge in [0.1, 0.15) is 5.82 Å². The summed E-state index contributed by atoms with van der Waals surface area (Å²) >= 11 is 3.54. The first-order chi connectivity index (χ1) is 9.69. The molecule has 2 aliphatic heterocycles. The van der Waals surface area contributed by atoms with Crippen LogP contribution in [0, 0.1) is 5.82 Å². The molecule has 2 heterocycles. The molecule has 110 valence electrons. The van der Waals surface area contributed by atoms with Gasteiger partial charge in [0.2, 0.25) is 0 Å². The van der Waals surface area contributed by atoms with E-state index < -0.39 is 0 Å². The Bertz CT molecular complexity index is 482. The van der Waals surface area contributed by atoms with Crippen LogP contribution in [0.15, 0.2) is 22.7 Å². The molecule has 3 nitrogen and oxygen atoms in total. The van der Waals surface area contributed by atoms with Gasteiger partial charge in [-0.3, -0.25) is 9.80 Å². The second kappa shape index (κ2) is 6.10. The summed E-state index contributed by atoms with van der Waals surface area (Å²) in [7, 11) is 0. The van der Waals surface area contributed by atoms with Crippen molar-refractivity contribution >= 4 is 15.9 Å². The average Bonchev–Trinajstić information content (AvgIpc) is 2.91. The minimum Gasteiger partial charge on any atom is -0.329 e. The highest BCUT2D eigenvalue weighted by Gasteiger charge is 2.33. The van der Waals surface area contributed by atoms with Gasteiger partial charge >= 0.3 is 0 Å². The van der Waals surface area contributed by atoms with Crippen LogP contribution in [-0.2, 0) is 0 Å². The highest BCUT2D eigenvalue weighted by Crippen LogP contribution is 2.31. The fraction of sp³-hybridized carbons (Fsp3) is 0.600. The fourth-order valence-corrected chi connectivity index (χ4v) is 4.05. The maximum atomic E-state index is 13.5. The number of hydrogen-bond acceptors (Lipinski definition) is 3. The SMILES string of the molecule is NCC(c1cc(F)ccc1Br)N1CCN2CCCC2C1. The molecule has 2 fully saturated rings. The Hall–Kier alpha value is -0.490. The molecule has 2 saturated heterocycles. The van der Waals surface area contributed by atoms with Gasteiger partial charge in [-0.1, -0.05) is 15.9 Å². The molecule has 0 aromatic heterocycles. The zero-order valence-corrected chi connectivity index (χ0v) is 13.2. The molecule has 0 spiro atoms. The molecule has 0 radical (unpaired) electrons. The summed E-state index contributed by atoms with van der Waals surface area (Å²) < 4.78 is 14.5. The molecular formula is C15H21BrFN3. The average molecular weight is 342 g/mol. The van der Waals surface area contributed by atoms with Gasteiger partial charge < -0.3 is 5.73 Å². The van der Waals surface area contributed by atoms with E-state index in [1.165, 1.54) is 25.5 Å². The molecule has 0 amide bonds. The van der Waals surface area contributed by atoms with Crippen molar-refractivity contribution in [2.24, 2.45) is 5.73 Å². The predicted molar refractivity (Wildman–Crippen MR) is 82.1 cm³/mol. The van der Waals surface area contributed by atoms with E-state index in [0.717, 1.165) is 29.7 Å². The summed E-state index contributed by atoms with van der Waals surface area (Å²) in [5.74, 6) is -0.193. The van der Waals surface area contributed by atoms with Gasteiger partial charge in [0, 0.05) is 42.7 Å². The summed E-state index contributed by atoms with van der Waals surface area (Å²) in [6.45, 7) is 4.92. The number of halogens is 2. The number of piperazine rings is 1. The zero-order valence-electron chi connectivity index (χ0n) is 11.6. The van der Waals surface area contributed by atoms with Crippen LogP contribution in [0.2, 0.25) is 0 Å². The molecular weight excluding hydrogens is 321 g/mol. The lowest BCUT2D eigenvalue weighted by atomic mass is 10.0. The van der Waals surface area contributed by atoms with Crippen molar-refractivity contribution in [3.05, 3.63) is 34.1 Å². The van der Waals surface area contributed by atoms with E-state index in [9.17, 15) is 4.39 Å². The van der Waals surface area contributed by atoms with Gasteiger partial charge in [-0.2, -0.15) is 0 Å². The van der Waals surface area contributed by atoms with Crippen LogP contribution in [0.5, 0.6) is 0 Å². The topological polar surface area (TPSA) is 32.5 Å². The molecule has 2 atom stereocenters. The Morgan fingerprint density at radius 3 is 3.00 bits per heavy atom. The van der Waals surface area contributed by atoms with Crippen molar-refractivity contribution in [3.8, 4) is 0 Å². The van der Waals surface area contributed by atoms with Crippen LogP contribution in [0.3, 0.4) is 0 Å². The highest BCUT2D eigenvalue weighted by atomic mass is 79.9. The van der Waals surface area contributed by atoms with E-state index >= 15 is 0 Å². The zero-order chi connectivity index (χ0) is 14.1. The highest BCUT2D eigenvalue weighted by molar-refractivity contribution is 9.10. The standard InChI is InChI=1S/C15H21BrFN3/c16-14-4-3-11(17)8-13(14)15(9-18)20-7-6-19-5-1-2-12(19)10-20/h3-4,8,12,15H,1-2,5-7,9-10,18H2. The third-order valence-electron chi connectivity index (χ3n) is 4.60. The molecule has 1 aromatic carbocycles. The Kier molecular flexibility index (Phi) is 4.40. The van der Waals surface area contributed by atoms with Gasteiger partial charge in [-0.15, -0.1) is 0 Å². The Morgan fingerprint density at radius 2 is 2.20 bits per heavy atom. The number of fused-ring (bicyclic) bond motifs is 1. The van der Waals surface area contributed by atoms with E-state index in [-0.39, 0.29) is 11.9 Å². The molecule has 20 heavy (non-hydrogen) atoms. The van der Waals surface area contributed by atoms with Crippen LogP contribution < -0.4 is 5.73 Å². The number of hydrogen-bond donors (Lipinski definition) is 1. The summed E-state index contributed by atoms with van der Waals surface area (Å²) in [6.07, 6.45) is 2.58. The third kappa shape index (κ3) is 2.77. The molecule has 0 saturated carbocycles. The minimum absolute atomic E-state index is 0.0998. The lowest BCUT2D eigenvalue weighted by Gasteiger charge is -2.41. The first-order valence-corrected chi connectivity index (χ1v) is 8.11. The molecule has 1 aromatic rings. The molecule has 2 aliphatic rings. The number of nitrogens with zero attached hydrogens (tertiary/aromatic N) is 2. The molecule has 2 N–H and O–H groups in total. The fourth-order valence-electron chi connectivity index (χ4n) is 3.54. The van der Waals surface area contributed by atoms with Crippen molar-refractivity contribution in [1.82, 2.24) is 9.80 Å². The van der Waals surface area contributed by atoms with Crippen LogP contribution in [0.1, 0.15) is 24.4 Å². The summed E-state index contributed by atoms with van der Waals surface area (Å²) in [4.78, 5) is 5.00. The lowest BCUT2D eigenvalue weighted by molar-refractivity contribution is 0.0734. The Balaban J connectivity index is 1.81. The Labute approximate surface area is 128 Å².